The predicted molar refractivity (Wildman–Crippen MR) is 78.6 cm³/mol. The topological polar surface area (TPSA) is 29.5 Å². The number of aliphatic hydroxyl groups excluding tert-OH is 1. The molecule has 0 heterocycles. The first kappa shape index (κ1) is 14.5. The molecule has 0 saturated carbocycles. The van der Waals surface area contributed by atoms with Gasteiger partial charge in [-0.25, -0.2) is 0 Å². The van der Waals surface area contributed by atoms with Gasteiger partial charge >= 0.3 is 0 Å². The number of hydrogen-bond acceptors (Lipinski definition) is 2. The summed E-state index contributed by atoms with van der Waals surface area (Å²) in [5.41, 5.74) is 0.651. The Morgan fingerprint density at radius 2 is 1.58 bits per heavy atom. The summed E-state index contributed by atoms with van der Waals surface area (Å²) >= 11 is 17.8. The highest BCUT2D eigenvalue weighted by atomic mass is 35.5. The molecule has 0 aromatic heterocycles. The number of halogens is 3. The van der Waals surface area contributed by atoms with Gasteiger partial charge in [0.05, 0.1) is 11.1 Å². The van der Waals surface area contributed by atoms with Crippen LogP contribution in [0.15, 0.2) is 36.4 Å². The number of rotatable bonds is 3. The number of aliphatic hydroxyl groups is 1. The Morgan fingerprint density at radius 1 is 0.947 bits per heavy atom. The van der Waals surface area contributed by atoms with Crippen LogP contribution in [-0.4, -0.2) is 5.11 Å². The molecule has 2 nitrogen and oxygen atoms in total. The van der Waals surface area contributed by atoms with Gasteiger partial charge in [0.2, 0.25) is 0 Å². The summed E-state index contributed by atoms with van der Waals surface area (Å²) in [5.74, 6) is 1.08. The van der Waals surface area contributed by atoms with E-state index in [1.54, 1.807) is 43.3 Å². The molecule has 19 heavy (non-hydrogen) atoms. The fourth-order valence-corrected chi connectivity index (χ4v) is 2.47. The van der Waals surface area contributed by atoms with Gasteiger partial charge in [-0.15, -0.1) is 0 Å². The van der Waals surface area contributed by atoms with Crippen LogP contribution in [0.4, 0.5) is 0 Å². The van der Waals surface area contributed by atoms with Crippen molar-refractivity contribution in [3.05, 3.63) is 57.0 Å². The molecule has 0 amide bonds. The zero-order valence-electron chi connectivity index (χ0n) is 10.0. The molecule has 2 aromatic carbocycles. The van der Waals surface area contributed by atoms with Crippen LogP contribution in [-0.2, 0) is 0 Å². The van der Waals surface area contributed by atoms with Gasteiger partial charge in [-0.1, -0.05) is 40.9 Å². The third-order valence-corrected chi connectivity index (χ3v) is 3.26. The highest BCUT2D eigenvalue weighted by molar-refractivity contribution is 6.34. The Morgan fingerprint density at radius 3 is 2.11 bits per heavy atom. The van der Waals surface area contributed by atoms with E-state index in [1.807, 2.05) is 0 Å². The lowest BCUT2D eigenvalue weighted by molar-refractivity contribution is 0.199. The average molecular weight is 318 g/mol. The minimum absolute atomic E-state index is 0.445. The van der Waals surface area contributed by atoms with Gasteiger partial charge < -0.3 is 9.84 Å². The molecule has 1 N–H and O–H groups in total. The predicted octanol–water partition coefficient (Wildman–Crippen LogP) is 5.49. The molecule has 0 aliphatic heterocycles. The Labute approximate surface area is 126 Å². The molecule has 100 valence electrons. The van der Waals surface area contributed by atoms with Crippen molar-refractivity contribution in [1.29, 1.82) is 0 Å². The van der Waals surface area contributed by atoms with Gasteiger partial charge in [0.15, 0.2) is 0 Å². The maximum atomic E-state index is 9.50. The minimum atomic E-state index is -0.623. The Balaban J connectivity index is 2.26. The Hall–Kier alpha value is -0.930. The molecule has 0 fully saturated rings. The van der Waals surface area contributed by atoms with Crippen LogP contribution in [0, 0.1) is 0 Å². The lowest BCUT2D eigenvalue weighted by Gasteiger charge is -2.11. The van der Waals surface area contributed by atoms with Crippen molar-refractivity contribution < 1.29 is 9.84 Å². The third kappa shape index (κ3) is 3.77. The maximum absolute atomic E-state index is 9.50. The molecule has 2 rings (SSSR count). The van der Waals surface area contributed by atoms with Crippen LogP contribution in [0.2, 0.25) is 15.1 Å². The summed E-state index contributed by atoms with van der Waals surface area (Å²) in [4.78, 5) is 0. The Bertz CT molecular complexity index is 577. The van der Waals surface area contributed by atoms with Gasteiger partial charge in [0.1, 0.15) is 11.5 Å². The third-order valence-electron chi connectivity index (χ3n) is 2.49. The second kappa shape index (κ2) is 6.02. The van der Waals surface area contributed by atoms with E-state index in [1.165, 1.54) is 0 Å². The Kier molecular flexibility index (Phi) is 4.58. The summed E-state index contributed by atoms with van der Waals surface area (Å²) in [6, 6.07) is 10.0. The van der Waals surface area contributed by atoms with Crippen molar-refractivity contribution in [1.82, 2.24) is 0 Å². The van der Waals surface area contributed by atoms with E-state index in [-0.39, 0.29) is 0 Å². The van der Waals surface area contributed by atoms with Crippen LogP contribution in [0.1, 0.15) is 18.6 Å². The standard InChI is InChI=1S/C14H11Cl3O2/c1-8(18)13-3-2-11(7-14(13)17)19-12-5-9(15)4-10(16)6-12/h2-8,18H,1H3. The smallest absolute Gasteiger partial charge is 0.130 e. The molecule has 5 heteroatoms. The van der Waals surface area contributed by atoms with Gasteiger partial charge in [-0.2, -0.15) is 0 Å². The van der Waals surface area contributed by atoms with E-state index >= 15 is 0 Å². The van der Waals surface area contributed by atoms with Gasteiger partial charge in [0.25, 0.3) is 0 Å². The summed E-state index contributed by atoms with van der Waals surface area (Å²) in [5, 5.41) is 10.9. The lowest BCUT2D eigenvalue weighted by atomic mass is 10.1. The molecule has 0 saturated heterocycles. The molecule has 0 spiro atoms. The van der Waals surface area contributed by atoms with Crippen LogP contribution < -0.4 is 4.74 Å². The largest absolute Gasteiger partial charge is 0.457 e. The van der Waals surface area contributed by atoms with Crippen molar-refractivity contribution in [2.24, 2.45) is 0 Å². The second-order valence-corrected chi connectivity index (χ2v) is 5.35. The average Bonchev–Trinajstić information content (AvgIpc) is 2.26. The highest BCUT2D eigenvalue weighted by Crippen LogP contribution is 2.32. The van der Waals surface area contributed by atoms with Crippen molar-refractivity contribution >= 4 is 34.8 Å². The van der Waals surface area contributed by atoms with Crippen LogP contribution in [0.3, 0.4) is 0 Å². The van der Waals surface area contributed by atoms with E-state index < -0.39 is 6.10 Å². The van der Waals surface area contributed by atoms with Crippen molar-refractivity contribution in [3.8, 4) is 11.5 Å². The summed E-state index contributed by atoms with van der Waals surface area (Å²) in [6.45, 7) is 1.65. The zero-order chi connectivity index (χ0) is 14.0. The molecule has 2 aromatic rings. The fourth-order valence-electron chi connectivity index (χ4n) is 1.63. The lowest BCUT2D eigenvalue weighted by Crippen LogP contribution is -1.93. The zero-order valence-corrected chi connectivity index (χ0v) is 12.3. The van der Waals surface area contributed by atoms with Crippen LogP contribution >= 0.6 is 34.8 Å². The van der Waals surface area contributed by atoms with E-state index in [2.05, 4.69) is 0 Å². The van der Waals surface area contributed by atoms with Gasteiger partial charge in [-0.3, -0.25) is 0 Å². The highest BCUT2D eigenvalue weighted by Gasteiger charge is 2.08. The molecule has 0 aliphatic rings. The normalized spacial score (nSPS) is 12.3. The minimum Gasteiger partial charge on any atom is -0.457 e. The summed E-state index contributed by atoms with van der Waals surface area (Å²) in [6.07, 6.45) is -0.623. The molecular formula is C14H11Cl3O2. The number of benzene rings is 2. The fraction of sp³-hybridized carbons (Fsp3) is 0.143. The van der Waals surface area contributed by atoms with Gasteiger partial charge in [0, 0.05) is 10.0 Å². The molecular weight excluding hydrogens is 307 g/mol. The van der Waals surface area contributed by atoms with Crippen LogP contribution in [0.5, 0.6) is 11.5 Å². The summed E-state index contributed by atoms with van der Waals surface area (Å²) < 4.78 is 5.62. The number of hydrogen-bond donors (Lipinski definition) is 1. The monoisotopic (exact) mass is 316 g/mol. The molecule has 0 bridgehead atoms. The van der Waals surface area contributed by atoms with Crippen molar-refractivity contribution in [2.75, 3.05) is 0 Å². The maximum Gasteiger partial charge on any atom is 0.130 e. The van der Waals surface area contributed by atoms with E-state index in [9.17, 15) is 5.11 Å². The van der Waals surface area contributed by atoms with Crippen LogP contribution in [0.25, 0.3) is 0 Å². The molecule has 0 aliphatic carbocycles. The van der Waals surface area contributed by atoms with Gasteiger partial charge in [-0.05, 0) is 42.8 Å². The van der Waals surface area contributed by atoms with E-state index in [4.69, 9.17) is 39.5 Å². The second-order valence-electron chi connectivity index (χ2n) is 4.07. The van der Waals surface area contributed by atoms with E-state index in [0.717, 1.165) is 0 Å². The first-order valence-corrected chi connectivity index (χ1v) is 6.70. The summed E-state index contributed by atoms with van der Waals surface area (Å²) in [7, 11) is 0. The van der Waals surface area contributed by atoms with E-state index in [0.29, 0.717) is 32.1 Å². The SMILES string of the molecule is CC(O)c1ccc(Oc2cc(Cl)cc(Cl)c2)cc1Cl. The molecule has 1 atom stereocenters. The van der Waals surface area contributed by atoms with Crippen molar-refractivity contribution in [3.63, 3.8) is 0 Å². The van der Waals surface area contributed by atoms with Crippen molar-refractivity contribution in [2.45, 2.75) is 13.0 Å². The molecule has 0 radical (unpaired) electrons. The quantitative estimate of drug-likeness (QED) is 0.810. The first-order valence-electron chi connectivity index (χ1n) is 5.57. The molecule has 1 unspecified atom stereocenters. The number of ether oxygens (including phenoxy) is 1. The first-order chi connectivity index (χ1) is 8.95.